The number of nitrogens with zero attached hydrogens (tertiary/aromatic N) is 1. The van der Waals surface area contributed by atoms with E-state index in [0.717, 1.165) is 23.6 Å². The second-order valence-corrected chi connectivity index (χ2v) is 7.60. The summed E-state index contributed by atoms with van der Waals surface area (Å²) in [6.07, 6.45) is 12.1. The van der Waals surface area contributed by atoms with Gasteiger partial charge in [0.2, 0.25) is 0 Å². The van der Waals surface area contributed by atoms with Gasteiger partial charge in [0.05, 0.1) is 0 Å². The van der Waals surface area contributed by atoms with E-state index in [-0.39, 0.29) is 0 Å². The molecule has 4 saturated carbocycles. The molecule has 0 radical (unpaired) electrons. The van der Waals surface area contributed by atoms with Gasteiger partial charge in [-0.05, 0) is 80.2 Å². The summed E-state index contributed by atoms with van der Waals surface area (Å²) in [5.74, 6) is 4.15. The van der Waals surface area contributed by atoms with Crippen molar-refractivity contribution in [3.05, 3.63) is 24.4 Å². The minimum absolute atomic E-state index is 0.570. The Kier molecular flexibility index (Phi) is 3.01. The Labute approximate surface area is 122 Å². The average molecular weight is 270 g/mol. The van der Waals surface area contributed by atoms with Crippen LogP contribution < -0.4 is 5.32 Å². The highest BCUT2D eigenvalue weighted by Gasteiger charge is 2.53. The van der Waals surface area contributed by atoms with E-state index in [2.05, 4.69) is 29.4 Å². The van der Waals surface area contributed by atoms with Crippen LogP contribution in [-0.4, -0.2) is 11.0 Å². The summed E-state index contributed by atoms with van der Waals surface area (Å²) in [7, 11) is 0. The van der Waals surface area contributed by atoms with Crippen LogP contribution >= 0.6 is 0 Å². The maximum Gasteiger partial charge on any atom is 0.126 e. The van der Waals surface area contributed by atoms with Crippen molar-refractivity contribution in [2.24, 2.45) is 23.2 Å². The molecule has 4 aliphatic carbocycles. The third-order valence-corrected chi connectivity index (χ3v) is 6.22. The van der Waals surface area contributed by atoms with Crippen molar-refractivity contribution in [1.29, 1.82) is 0 Å². The molecule has 0 spiro atoms. The van der Waals surface area contributed by atoms with E-state index in [1.807, 2.05) is 12.3 Å². The van der Waals surface area contributed by atoms with E-state index < -0.39 is 0 Å². The number of aromatic nitrogens is 1. The van der Waals surface area contributed by atoms with Gasteiger partial charge in [-0.15, -0.1) is 0 Å². The second kappa shape index (κ2) is 4.75. The fourth-order valence-corrected chi connectivity index (χ4v) is 5.92. The summed E-state index contributed by atoms with van der Waals surface area (Å²) in [6.45, 7) is 2.35. The average Bonchev–Trinajstić information content (AvgIpc) is 2.44. The van der Waals surface area contributed by atoms with Crippen molar-refractivity contribution in [3.63, 3.8) is 0 Å². The lowest BCUT2D eigenvalue weighted by Crippen LogP contribution is -2.53. The van der Waals surface area contributed by atoms with Gasteiger partial charge in [-0.25, -0.2) is 4.98 Å². The van der Waals surface area contributed by atoms with Gasteiger partial charge in [0.15, 0.2) is 0 Å². The first-order chi connectivity index (χ1) is 9.77. The van der Waals surface area contributed by atoms with Gasteiger partial charge >= 0.3 is 0 Å². The smallest absolute Gasteiger partial charge is 0.126 e. The van der Waals surface area contributed by atoms with Gasteiger partial charge in [0.1, 0.15) is 5.82 Å². The highest BCUT2D eigenvalue weighted by molar-refractivity contribution is 5.35. The van der Waals surface area contributed by atoms with Crippen LogP contribution in [0.5, 0.6) is 0 Å². The van der Waals surface area contributed by atoms with Crippen molar-refractivity contribution in [3.8, 4) is 0 Å². The van der Waals surface area contributed by atoms with Crippen LogP contribution in [0.25, 0.3) is 0 Å². The van der Waals surface area contributed by atoms with E-state index >= 15 is 0 Å². The third-order valence-electron chi connectivity index (χ3n) is 6.22. The van der Waals surface area contributed by atoms with Gasteiger partial charge in [-0.1, -0.05) is 13.0 Å². The quantitative estimate of drug-likeness (QED) is 0.872. The molecule has 1 unspecified atom stereocenters. The molecule has 1 N–H and O–H groups in total. The zero-order valence-electron chi connectivity index (χ0n) is 12.5. The fraction of sp³-hybridized carbons (Fsp3) is 0.722. The molecule has 4 bridgehead atoms. The molecule has 0 saturated heterocycles. The van der Waals surface area contributed by atoms with Crippen LogP contribution in [0.1, 0.15) is 51.9 Å². The molecular weight excluding hydrogens is 244 g/mol. The molecule has 0 aliphatic heterocycles. The van der Waals surface area contributed by atoms with Crippen molar-refractivity contribution in [1.82, 2.24) is 4.98 Å². The predicted octanol–water partition coefficient (Wildman–Crippen LogP) is 4.49. The minimum Gasteiger partial charge on any atom is -0.367 e. The molecule has 0 aromatic carbocycles. The van der Waals surface area contributed by atoms with E-state index in [0.29, 0.717) is 11.5 Å². The van der Waals surface area contributed by atoms with Gasteiger partial charge in [0, 0.05) is 12.2 Å². The lowest BCUT2D eigenvalue weighted by atomic mass is 9.47. The minimum atomic E-state index is 0.570. The summed E-state index contributed by atoms with van der Waals surface area (Å²) in [4.78, 5) is 4.48. The molecule has 1 atom stereocenters. The molecule has 2 nitrogen and oxygen atoms in total. The molecule has 4 aliphatic rings. The first-order valence-corrected chi connectivity index (χ1v) is 8.45. The summed E-state index contributed by atoms with van der Waals surface area (Å²) in [5.41, 5.74) is 0.570. The molecule has 2 heteroatoms. The van der Waals surface area contributed by atoms with Gasteiger partial charge in [-0.2, -0.15) is 0 Å². The first kappa shape index (κ1) is 12.7. The van der Waals surface area contributed by atoms with Crippen LogP contribution in [0.4, 0.5) is 5.82 Å². The van der Waals surface area contributed by atoms with E-state index in [1.165, 1.54) is 44.9 Å². The number of hydrogen-bond acceptors (Lipinski definition) is 2. The maximum atomic E-state index is 4.48. The molecule has 5 rings (SSSR count). The molecule has 20 heavy (non-hydrogen) atoms. The van der Waals surface area contributed by atoms with Crippen molar-refractivity contribution >= 4 is 5.82 Å². The van der Waals surface area contributed by atoms with Gasteiger partial charge in [-0.3, -0.25) is 0 Å². The van der Waals surface area contributed by atoms with Gasteiger partial charge in [0.25, 0.3) is 0 Å². The SMILES string of the molecule is CCC(Nc1ccccn1)C12CC3CC(CC(C3)C1)C2. The summed E-state index contributed by atoms with van der Waals surface area (Å²) < 4.78 is 0. The Morgan fingerprint density at radius 1 is 1.15 bits per heavy atom. The van der Waals surface area contributed by atoms with Crippen molar-refractivity contribution in [2.45, 2.75) is 57.9 Å². The lowest BCUT2D eigenvalue weighted by molar-refractivity contribution is -0.0636. The molecule has 0 amide bonds. The number of rotatable bonds is 4. The van der Waals surface area contributed by atoms with Crippen LogP contribution in [0.15, 0.2) is 24.4 Å². The van der Waals surface area contributed by atoms with Crippen LogP contribution in [0, 0.1) is 23.2 Å². The summed E-state index contributed by atoms with van der Waals surface area (Å²) >= 11 is 0. The zero-order valence-corrected chi connectivity index (χ0v) is 12.5. The van der Waals surface area contributed by atoms with E-state index in [9.17, 15) is 0 Å². The zero-order chi connectivity index (χ0) is 13.6. The summed E-state index contributed by atoms with van der Waals surface area (Å²) in [6, 6.07) is 6.81. The Balaban J connectivity index is 1.58. The summed E-state index contributed by atoms with van der Waals surface area (Å²) in [5, 5.41) is 3.77. The Morgan fingerprint density at radius 2 is 1.80 bits per heavy atom. The Bertz CT molecular complexity index is 432. The van der Waals surface area contributed by atoms with Crippen molar-refractivity contribution < 1.29 is 0 Å². The number of pyridine rings is 1. The van der Waals surface area contributed by atoms with Crippen LogP contribution in [0.2, 0.25) is 0 Å². The van der Waals surface area contributed by atoms with Crippen LogP contribution in [-0.2, 0) is 0 Å². The lowest BCUT2D eigenvalue weighted by Gasteiger charge is -2.59. The molecule has 1 aromatic rings. The Hall–Kier alpha value is -1.05. The normalized spacial score (nSPS) is 39.8. The highest BCUT2D eigenvalue weighted by Crippen LogP contribution is 2.61. The number of anilines is 1. The maximum absolute atomic E-state index is 4.48. The predicted molar refractivity (Wildman–Crippen MR) is 82.5 cm³/mol. The largest absolute Gasteiger partial charge is 0.367 e. The molecular formula is C18H26N2. The van der Waals surface area contributed by atoms with Crippen molar-refractivity contribution in [2.75, 3.05) is 5.32 Å². The van der Waals surface area contributed by atoms with Gasteiger partial charge < -0.3 is 5.32 Å². The third kappa shape index (κ3) is 2.04. The topological polar surface area (TPSA) is 24.9 Å². The molecule has 1 heterocycles. The van der Waals surface area contributed by atoms with E-state index in [4.69, 9.17) is 0 Å². The number of nitrogens with one attached hydrogen (secondary N) is 1. The first-order valence-electron chi connectivity index (χ1n) is 8.45. The highest BCUT2D eigenvalue weighted by atomic mass is 15.0. The molecule has 1 aromatic heterocycles. The van der Waals surface area contributed by atoms with E-state index in [1.54, 1.807) is 0 Å². The fourth-order valence-electron chi connectivity index (χ4n) is 5.92. The van der Waals surface area contributed by atoms with Crippen LogP contribution in [0.3, 0.4) is 0 Å². The monoisotopic (exact) mass is 270 g/mol. The standard InChI is InChI=1S/C18H26N2/c1-2-16(20-17-5-3-4-6-19-17)18-10-13-7-14(11-18)9-15(8-13)12-18/h3-6,13-16H,2,7-12H2,1H3,(H,19,20). The molecule has 4 fully saturated rings. The Morgan fingerprint density at radius 3 is 2.30 bits per heavy atom. The molecule has 108 valence electrons. The second-order valence-electron chi connectivity index (χ2n) is 7.60. The number of hydrogen-bond donors (Lipinski definition) is 1.